The van der Waals surface area contributed by atoms with Gasteiger partial charge >= 0.3 is 29.6 Å². The minimum atomic E-state index is -1.14. The van der Waals surface area contributed by atoms with Gasteiger partial charge in [-0.3, -0.25) is 9.63 Å². The van der Waals surface area contributed by atoms with Crippen molar-refractivity contribution in [3.05, 3.63) is 0 Å². The van der Waals surface area contributed by atoms with Gasteiger partial charge in [0.05, 0.1) is 12.0 Å². The molecule has 1 heterocycles. The maximum absolute atomic E-state index is 11.1. The van der Waals surface area contributed by atoms with Crippen molar-refractivity contribution in [2.45, 2.75) is 25.3 Å². The van der Waals surface area contributed by atoms with E-state index in [0.717, 1.165) is 6.42 Å². The normalized spacial score (nSPS) is 20.4. The molecular weight excluding hydrogens is 241 g/mol. The summed E-state index contributed by atoms with van der Waals surface area (Å²) >= 11 is 3.92. The Hall–Kier alpha value is 0.410. The number of carboxylic acid groups (broad SMARTS) is 1. The number of carbonyl (C=O) groups excluding carboxylic acids is 2. The van der Waals surface area contributed by atoms with Gasteiger partial charge in [-0.25, -0.2) is 0 Å². The van der Waals surface area contributed by atoms with E-state index in [4.69, 9.17) is 4.84 Å². The first kappa shape index (κ1) is 16.4. The Morgan fingerprint density at radius 1 is 1.50 bits per heavy atom. The SMILES string of the molecule is O=C(CCS)CON1CCC[C@H]1C(=O)[O-].[Na+]. The summed E-state index contributed by atoms with van der Waals surface area (Å²) in [6.07, 6.45) is 1.61. The van der Waals surface area contributed by atoms with Crippen LogP contribution in [-0.4, -0.2) is 41.8 Å². The second-order valence-electron chi connectivity index (χ2n) is 3.40. The number of hydrogen-bond acceptors (Lipinski definition) is 6. The van der Waals surface area contributed by atoms with Crippen LogP contribution in [0.25, 0.3) is 0 Å². The number of aliphatic carboxylic acids is 1. The second kappa shape index (κ2) is 8.49. The molecule has 1 atom stereocenters. The molecule has 1 rings (SSSR count). The first-order valence-electron chi connectivity index (χ1n) is 4.88. The first-order chi connectivity index (χ1) is 7.15. The molecule has 0 bridgehead atoms. The maximum Gasteiger partial charge on any atom is 1.00 e. The molecule has 0 aromatic rings. The fourth-order valence-corrected chi connectivity index (χ4v) is 1.73. The number of nitrogens with zero attached hydrogens (tertiary/aromatic N) is 1. The largest absolute Gasteiger partial charge is 1.00 e. The molecule has 0 unspecified atom stereocenters. The molecule has 0 aliphatic carbocycles. The van der Waals surface area contributed by atoms with Crippen molar-refractivity contribution in [1.82, 2.24) is 5.06 Å². The summed E-state index contributed by atoms with van der Waals surface area (Å²) in [7, 11) is 0. The molecule has 86 valence electrons. The van der Waals surface area contributed by atoms with Crippen LogP contribution in [0, 0.1) is 0 Å². The van der Waals surface area contributed by atoms with E-state index in [-0.39, 0.29) is 41.9 Å². The predicted molar refractivity (Wildman–Crippen MR) is 54.2 cm³/mol. The van der Waals surface area contributed by atoms with Crippen LogP contribution in [0.1, 0.15) is 19.3 Å². The van der Waals surface area contributed by atoms with Gasteiger partial charge in [0.1, 0.15) is 6.61 Å². The topological polar surface area (TPSA) is 69.7 Å². The first-order valence-corrected chi connectivity index (χ1v) is 5.51. The van der Waals surface area contributed by atoms with Crippen LogP contribution in [-0.2, 0) is 14.4 Å². The minimum Gasteiger partial charge on any atom is -0.548 e. The molecule has 0 aromatic carbocycles. The van der Waals surface area contributed by atoms with Gasteiger partial charge in [-0.1, -0.05) is 0 Å². The summed E-state index contributed by atoms with van der Waals surface area (Å²) in [6.45, 7) is 0.455. The summed E-state index contributed by atoms with van der Waals surface area (Å²) in [4.78, 5) is 26.9. The molecule has 5 nitrogen and oxygen atoms in total. The van der Waals surface area contributed by atoms with Crippen molar-refractivity contribution < 1.29 is 49.1 Å². The van der Waals surface area contributed by atoms with Gasteiger partial charge in [-0.05, 0) is 18.6 Å². The number of hydrogen-bond donors (Lipinski definition) is 1. The van der Waals surface area contributed by atoms with E-state index >= 15 is 0 Å². The number of rotatable bonds is 6. The fraction of sp³-hybridized carbons (Fsp3) is 0.778. The Morgan fingerprint density at radius 2 is 2.19 bits per heavy atom. The number of carboxylic acids is 1. The molecule has 0 spiro atoms. The number of thiol groups is 1. The van der Waals surface area contributed by atoms with Crippen LogP contribution in [0.15, 0.2) is 0 Å². The molecule has 1 aliphatic heterocycles. The Balaban J connectivity index is 0.00000225. The van der Waals surface area contributed by atoms with Crippen LogP contribution >= 0.6 is 12.6 Å². The zero-order chi connectivity index (χ0) is 11.3. The standard InChI is InChI=1S/C9H15NO4S.Na/c11-7(3-5-15)6-14-10-4-1-2-8(10)9(12)13;/h8,15H,1-6H2,(H,12,13);/q;+1/p-1/t8-;/m0./s1. The molecule has 7 heteroatoms. The number of Topliss-reactive ketones (excluding diaryl/α,β-unsaturated/α-hetero) is 1. The molecule has 16 heavy (non-hydrogen) atoms. The summed E-state index contributed by atoms with van der Waals surface area (Å²) in [5.41, 5.74) is 0. The average molecular weight is 255 g/mol. The number of hydroxylamine groups is 2. The van der Waals surface area contributed by atoms with E-state index in [2.05, 4.69) is 12.6 Å². The van der Waals surface area contributed by atoms with Crippen molar-refractivity contribution in [3.63, 3.8) is 0 Å². The Bertz CT molecular complexity index is 252. The average Bonchev–Trinajstić information content (AvgIpc) is 2.63. The molecule has 0 aromatic heterocycles. The molecule has 1 aliphatic rings. The van der Waals surface area contributed by atoms with Gasteiger partial charge < -0.3 is 9.90 Å². The van der Waals surface area contributed by atoms with Crippen molar-refractivity contribution in [2.24, 2.45) is 0 Å². The van der Waals surface area contributed by atoms with Gasteiger partial charge in [0, 0.05) is 13.0 Å². The van der Waals surface area contributed by atoms with Gasteiger partial charge in [0.25, 0.3) is 0 Å². The van der Waals surface area contributed by atoms with E-state index in [9.17, 15) is 14.7 Å². The molecule has 0 saturated carbocycles. The number of ketones is 1. The van der Waals surface area contributed by atoms with Gasteiger partial charge in [-0.2, -0.15) is 17.7 Å². The molecule has 0 amide bonds. The van der Waals surface area contributed by atoms with E-state index in [0.29, 0.717) is 25.1 Å². The fourth-order valence-electron chi connectivity index (χ4n) is 1.48. The molecule has 1 saturated heterocycles. The summed E-state index contributed by atoms with van der Waals surface area (Å²) < 4.78 is 0. The molecular formula is C9H14NNaO4S. The van der Waals surface area contributed by atoms with Crippen molar-refractivity contribution in [3.8, 4) is 0 Å². The molecule has 0 radical (unpaired) electrons. The van der Waals surface area contributed by atoms with Crippen LogP contribution in [0.3, 0.4) is 0 Å². The van der Waals surface area contributed by atoms with Crippen LogP contribution in [0.5, 0.6) is 0 Å². The Labute approximate surface area is 122 Å². The van der Waals surface area contributed by atoms with Crippen molar-refractivity contribution in [1.29, 1.82) is 0 Å². The van der Waals surface area contributed by atoms with E-state index in [1.54, 1.807) is 0 Å². The van der Waals surface area contributed by atoms with E-state index < -0.39 is 12.0 Å². The van der Waals surface area contributed by atoms with Crippen LogP contribution < -0.4 is 34.7 Å². The van der Waals surface area contributed by atoms with Gasteiger partial charge in [0.15, 0.2) is 5.78 Å². The zero-order valence-electron chi connectivity index (χ0n) is 9.35. The Kier molecular flexibility index (Phi) is 8.71. The maximum atomic E-state index is 11.1. The summed E-state index contributed by atoms with van der Waals surface area (Å²) in [6, 6.07) is -0.714. The zero-order valence-corrected chi connectivity index (χ0v) is 12.2. The third-order valence-electron chi connectivity index (χ3n) is 2.26. The van der Waals surface area contributed by atoms with E-state index in [1.807, 2.05) is 0 Å². The summed E-state index contributed by atoms with van der Waals surface area (Å²) in [5, 5.41) is 12.0. The third-order valence-corrected chi connectivity index (χ3v) is 2.48. The van der Waals surface area contributed by atoms with Gasteiger partial charge in [0.2, 0.25) is 0 Å². The van der Waals surface area contributed by atoms with Crippen molar-refractivity contribution >= 4 is 24.4 Å². The van der Waals surface area contributed by atoms with E-state index in [1.165, 1.54) is 5.06 Å². The smallest absolute Gasteiger partial charge is 0.548 e. The summed E-state index contributed by atoms with van der Waals surface area (Å²) in [5.74, 6) is -0.741. The van der Waals surface area contributed by atoms with Gasteiger partial charge in [-0.15, -0.1) is 0 Å². The Morgan fingerprint density at radius 3 is 2.75 bits per heavy atom. The van der Waals surface area contributed by atoms with Crippen LogP contribution in [0.4, 0.5) is 0 Å². The van der Waals surface area contributed by atoms with Crippen molar-refractivity contribution in [2.75, 3.05) is 18.9 Å². The van der Waals surface area contributed by atoms with Crippen LogP contribution in [0.2, 0.25) is 0 Å². The second-order valence-corrected chi connectivity index (χ2v) is 3.85. The number of carbonyl (C=O) groups is 2. The minimum absolute atomic E-state index is 0. The quantitative estimate of drug-likeness (QED) is 0.387. The monoisotopic (exact) mass is 255 g/mol. The third kappa shape index (κ3) is 5.16. The predicted octanol–water partition coefficient (Wildman–Crippen LogP) is -3.97. The molecule has 0 N–H and O–H groups in total. The molecule has 1 fully saturated rings.